The highest BCUT2D eigenvalue weighted by molar-refractivity contribution is 9.10. The lowest BCUT2D eigenvalue weighted by Crippen LogP contribution is -2.19. The number of benzene rings is 2. The molecule has 7 nitrogen and oxygen atoms in total. The van der Waals surface area contributed by atoms with Gasteiger partial charge in [0.25, 0.3) is 5.91 Å². The molecule has 0 unspecified atom stereocenters. The third-order valence-corrected chi connectivity index (χ3v) is 6.96. The molecule has 2 heterocycles. The van der Waals surface area contributed by atoms with Gasteiger partial charge in [0.05, 0.1) is 18.5 Å². The Labute approximate surface area is 202 Å². The topological polar surface area (TPSA) is 81.4 Å². The van der Waals surface area contributed by atoms with Crippen molar-refractivity contribution < 1.29 is 9.53 Å². The van der Waals surface area contributed by atoms with Crippen molar-refractivity contribution in [1.82, 2.24) is 20.2 Å². The lowest BCUT2D eigenvalue weighted by molar-refractivity contribution is -0.118. The number of nitrogens with zero attached hydrogens (tertiary/aromatic N) is 4. The molecular weight excluding hydrogens is 510 g/mol. The number of carbonyl (C=O) groups is 1. The largest absolute Gasteiger partial charge is 0.492 e. The number of amides is 1. The second-order valence-corrected chi connectivity index (χ2v) is 10.1. The van der Waals surface area contributed by atoms with Crippen LogP contribution in [0.2, 0.25) is 0 Å². The molecule has 10 heteroatoms. The Morgan fingerprint density at radius 3 is 2.84 bits per heavy atom. The van der Waals surface area contributed by atoms with Crippen LogP contribution in [0.1, 0.15) is 10.6 Å². The third kappa shape index (κ3) is 5.96. The summed E-state index contributed by atoms with van der Waals surface area (Å²) in [6, 6.07) is 15.9. The highest BCUT2D eigenvalue weighted by Crippen LogP contribution is 2.22. The predicted octanol–water partition coefficient (Wildman–Crippen LogP) is 4.89. The highest BCUT2D eigenvalue weighted by atomic mass is 79.9. The zero-order chi connectivity index (χ0) is 22.3. The molecular formula is C22H20BrN5O2S2. The van der Waals surface area contributed by atoms with Crippen LogP contribution in [0.3, 0.4) is 0 Å². The van der Waals surface area contributed by atoms with Gasteiger partial charge in [-0.3, -0.25) is 4.79 Å². The summed E-state index contributed by atoms with van der Waals surface area (Å²) >= 11 is 6.24. The van der Waals surface area contributed by atoms with Gasteiger partial charge in [0.15, 0.2) is 4.34 Å². The van der Waals surface area contributed by atoms with E-state index < -0.39 is 0 Å². The number of aryl methyl sites for hydroxylation is 1. The number of carbonyl (C=O) groups excluding carboxylic acids is 1. The van der Waals surface area contributed by atoms with Crippen LogP contribution in [0.5, 0.6) is 5.75 Å². The van der Waals surface area contributed by atoms with E-state index >= 15 is 0 Å². The molecule has 0 fully saturated rings. The number of nitrogens with one attached hydrogen (secondary N) is 1. The van der Waals surface area contributed by atoms with Crippen molar-refractivity contribution in [1.29, 1.82) is 0 Å². The van der Waals surface area contributed by atoms with E-state index in [-0.39, 0.29) is 11.7 Å². The van der Waals surface area contributed by atoms with Gasteiger partial charge in [-0.05, 0) is 37.3 Å². The van der Waals surface area contributed by atoms with Crippen molar-refractivity contribution in [3.05, 3.63) is 69.8 Å². The molecule has 0 aliphatic heterocycles. The molecule has 32 heavy (non-hydrogen) atoms. The Morgan fingerprint density at radius 2 is 2.06 bits per heavy atom. The molecule has 0 atom stereocenters. The van der Waals surface area contributed by atoms with Gasteiger partial charge in [-0.15, -0.1) is 10.2 Å². The zero-order valence-electron chi connectivity index (χ0n) is 17.2. The van der Waals surface area contributed by atoms with Crippen molar-refractivity contribution in [2.75, 3.05) is 12.4 Å². The van der Waals surface area contributed by atoms with Crippen LogP contribution in [-0.2, 0) is 11.3 Å². The summed E-state index contributed by atoms with van der Waals surface area (Å²) in [5.41, 5.74) is 4.59. The highest BCUT2D eigenvalue weighted by Gasteiger charge is 2.08. The van der Waals surface area contributed by atoms with Gasteiger partial charge in [-0.25, -0.2) is 5.43 Å². The molecule has 0 bridgehead atoms. The van der Waals surface area contributed by atoms with Crippen LogP contribution < -0.4 is 10.2 Å². The van der Waals surface area contributed by atoms with E-state index in [2.05, 4.69) is 47.3 Å². The van der Waals surface area contributed by atoms with Gasteiger partial charge in [-0.2, -0.15) is 5.10 Å². The number of fused-ring (bicyclic) bond motifs is 1. The molecule has 0 aliphatic rings. The Hall–Kier alpha value is -2.69. The fourth-order valence-electron chi connectivity index (χ4n) is 3.03. The minimum Gasteiger partial charge on any atom is -0.492 e. The van der Waals surface area contributed by atoms with Gasteiger partial charge in [0.2, 0.25) is 0 Å². The number of thioether (sulfide) groups is 1. The number of rotatable bonds is 9. The van der Waals surface area contributed by atoms with Crippen molar-refractivity contribution >= 4 is 62.1 Å². The number of hydrogen-bond acceptors (Lipinski definition) is 7. The molecule has 1 amide bonds. The maximum Gasteiger partial charge on any atom is 0.250 e. The third-order valence-electron chi connectivity index (χ3n) is 4.46. The molecule has 0 spiro atoms. The number of aromatic nitrogens is 3. The molecule has 4 aromatic rings. The second kappa shape index (κ2) is 10.8. The molecule has 2 aromatic heterocycles. The number of para-hydroxylation sites is 1. The summed E-state index contributed by atoms with van der Waals surface area (Å²) in [6.45, 7) is 3.11. The molecule has 0 saturated heterocycles. The number of ether oxygens (including phenoxy) is 1. The SMILES string of the molecule is Cc1nnc(SCC(=O)N/N=C\c2cn(CCOc3ccc(Br)cc3)c3ccccc23)s1. The Balaban J connectivity index is 1.36. The molecule has 2 aromatic carbocycles. The smallest absolute Gasteiger partial charge is 0.250 e. The van der Waals surface area contributed by atoms with E-state index in [0.29, 0.717) is 13.2 Å². The number of hydrazone groups is 1. The van der Waals surface area contributed by atoms with Crippen LogP contribution in [0.25, 0.3) is 10.9 Å². The van der Waals surface area contributed by atoms with Crippen molar-refractivity contribution in [2.45, 2.75) is 17.8 Å². The van der Waals surface area contributed by atoms with Gasteiger partial charge >= 0.3 is 0 Å². The molecule has 4 rings (SSSR count). The molecule has 0 radical (unpaired) electrons. The fourth-order valence-corrected chi connectivity index (χ4v) is 4.90. The van der Waals surface area contributed by atoms with E-state index in [9.17, 15) is 4.79 Å². The minimum atomic E-state index is -0.189. The maximum absolute atomic E-state index is 12.1. The summed E-state index contributed by atoms with van der Waals surface area (Å²) < 4.78 is 9.78. The number of halogens is 1. The standard InChI is InChI=1S/C22H20BrN5O2S2/c1-15-25-27-22(32-15)31-14-21(29)26-24-12-16-13-28(20-5-3-2-4-19(16)20)10-11-30-18-8-6-17(23)7-9-18/h2-9,12-13H,10-11,14H2,1H3,(H,26,29)/b24-12-. The Kier molecular flexibility index (Phi) is 7.56. The Bertz CT molecular complexity index is 1240. The summed E-state index contributed by atoms with van der Waals surface area (Å²) in [5, 5.41) is 14.0. The van der Waals surface area contributed by atoms with Crippen LogP contribution in [-0.4, -0.2) is 39.2 Å². The lowest BCUT2D eigenvalue weighted by atomic mass is 10.2. The minimum absolute atomic E-state index is 0.189. The van der Waals surface area contributed by atoms with Crippen molar-refractivity contribution in [3.8, 4) is 5.75 Å². The zero-order valence-corrected chi connectivity index (χ0v) is 20.4. The summed E-state index contributed by atoms with van der Waals surface area (Å²) in [5.74, 6) is 0.877. The molecule has 0 aliphatic carbocycles. The average Bonchev–Trinajstić information content (AvgIpc) is 3.37. The van der Waals surface area contributed by atoms with Gasteiger partial charge in [0.1, 0.15) is 17.4 Å². The first-order valence-electron chi connectivity index (χ1n) is 9.79. The summed E-state index contributed by atoms with van der Waals surface area (Å²) in [4.78, 5) is 12.1. The van der Waals surface area contributed by atoms with Crippen molar-refractivity contribution in [2.24, 2.45) is 5.10 Å². The van der Waals surface area contributed by atoms with Crippen LogP contribution >= 0.6 is 39.0 Å². The first-order valence-corrected chi connectivity index (χ1v) is 12.4. The van der Waals surface area contributed by atoms with E-state index in [1.165, 1.54) is 23.1 Å². The van der Waals surface area contributed by atoms with E-state index in [1.54, 1.807) is 6.21 Å². The van der Waals surface area contributed by atoms with Gasteiger partial charge in [0, 0.05) is 27.1 Å². The molecule has 0 saturated carbocycles. The predicted molar refractivity (Wildman–Crippen MR) is 133 cm³/mol. The van der Waals surface area contributed by atoms with Crippen molar-refractivity contribution in [3.63, 3.8) is 0 Å². The second-order valence-electron chi connectivity index (χ2n) is 6.77. The van der Waals surface area contributed by atoms with Crippen LogP contribution in [0.15, 0.2) is 68.6 Å². The number of hydrogen-bond donors (Lipinski definition) is 1. The average molecular weight is 530 g/mol. The monoisotopic (exact) mass is 529 g/mol. The van der Waals surface area contributed by atoms with Gasteiger partial charge < -0.3 is 9.30 Å². The molecule has 164 valence electrons. The summed E-state index contributed by atoms with van der Waals surface area (Å²) in [6.07, 6.45) is 3.69. The molecule has 1 N–H and O–H groups in total. The quantitative estimate of drug-likeness (QED) is 0.190. The summed E-state index contributed by atoms with van der Waals surface area (Å²) in [7, 11) is 0. The Morgan fingerprint density at radius 1 is 1.25 bits per heavy atom. The first kappa shape index (κ1) is 22.5. The van der Waals surface area contributed by atoms with Crippen LogP contribution in [0, 0.1) is 6.92 Å². The maximum atomic E-state index is 12.1. The van der Waals surface area contributed by atoms with E-state index in [4.69, 9.17) is 4.74 Å². The van der Waals surface area contributed by atoms with Gasteiger partial charge in [-0.1, -0.05) is 57.2 Å². The fraction of sp³-hybridized carbons (Fsp3) is 0.182. The van der Waals surface area contributed by atoms with Crippen LogP contribution in [0.4, 0.5) is 0 Å². The first-order chi connectivity index (χ1) is 15.6. The normalized spacial score (nSPS) is 11.3. The lowest BCUT2D eigenvalue weighted by Gasteiger charge is -2.08. The van der Waals surface area contributed by atoms with E-state index in [0.717, 1.165) is 36.0 Å². The van der Waals surface area contributed by atoms with E-state index in [1.807, 2.05) is 55.6 Å².